The van der Waals surface area contributed by atoms with Crippen LogP contribution >= 0.6 is 11.3 Å². The van der Waals surface area contributed by atoms with Crippen molar-refractivity contribution in [1.82, 2.24) is 0 Å². The molecule has 2 heteroatoms. The molecule has 0 unspecified atom stereocenters. The van der Waals surface area contributed by atoms with Gasteiger partial charge in [-0.05, 0) is 149 Å². The van der Waals surface area contributed by atoms with Crippen LogP contribution in [-0.2, 0) is 5.41 Å². The normalized spacial score (nSPS) is 12.5. The van der Waals surface area contributed by atoms with Gasteiger partial charge in [0, 0.05) is 37.2 Å². The van der Waals surface area contributed by atoms with E-state index in [1.54, 1.807) is 0 Å². The fraction of sp³-hybridized carbons (Fsp3) is 0.0141. The Morgan fingerprint density at radius 2 is 0.753 bits per heavy atom. The third kappa shape index (κ3) is 7.21. The Morgan fingerprint density at radius 1 is 0.274 bits per heavy atom. The average molecular weight is 946 g/mol. The second-order valence-corrected chi connectivity index (χ2v) is 20.2. The first kappa shape index (κ1) is 42.8. The van der Waals surface area contributed by atoms with Gasteiger partial charge in [-0.25, -0.2) is 0 Å². The van der Waals surface area contributed by atoms with Crippen LogP contribution in [0.5, 0.6) is 0 Å². The lowest BCUT2D eigenvalue weighted by Gasteiger charge is -2.34. The van der Waals surface area contributed by atoms with Gasteiger partial charge in [0.15, 0.2) is 0 Å². The zero-order valence-electron chi connectivity index (χ0n) is 40.0. The molecule has 0 saturated carbocycles. The van der Waals surface area contributed by atoms with Gasteiger partial charge >= 0.3 is 0 Å². The monoisotopic (exact) mass is 945 g/mol. The largest absolute Gasteiger partial charge is 0.311 e. The number of anilines is 3. The van der Waals surface area contributed by atoms with E-state index < -0.39 is 5.41 Å². The van der Waals surface area contributed by atoms with Gasteiger partial charge in [-0.1, -0.05) is 224 Å². The van der Waals surface area contributed by atoms with Crippen molar-refractivity contribution in [3.05, 3.63) is 307 Å². The Balaban J connectivity index is 0.843. The fourth-order valence-corrected chi connectivity index (χ4v) is 12.9. The summed E-state index contributed by atoms with van der Waals surface area (Å²) < 4.78 is 2.65. The smallest absolute Gasteiger partial charge is 0.0713 e. The van der Waals surface area contributed by atoms with Gasteiger partial charge in [0.05, 0.1) is 5.41 Å². The molecule has 0 atom stereocenters. The van der Waals surface area contributed by atoms with E-state index in [0.29, 0.717) is 0 Å². The topological polar surface area (TPSA) is 3.24 Å². The maximum absolute atomic E-state index is 2.45. The van der Waals surface area contributed by atoms with Gasteiger partial charge in [-0.3, -0.25) is 0 Å². The van der Waals surface area contributed by atoms with Crippen molar-refractivity contribution in [2.24, 2.45) is 0 Å². The lowest BCUT2D eigenvalue weighted by molar-refractivity contribution is 0.769. The summed E-state index contributed by atoms with van der Waals surface area (Å²) in [4.78, 5) is 2.38. The van der Waals surface area contributed by atoms with Crippen LogP contribution in [0.3, 0.4) is 0 Å². The van der Waals surface area contributed by atoms with E-state index in [0.717, 1.165) is 17.1 Å². The minimum absolute atomic E-state index is 0.457. The Kier molecular flexibility index (Phi) is 10.3. The number of nitrogens with zero attached hydrogens (tertiary/aromatic N) is 1. The van der Waals surface area contributed by atoms with Gasteiger partial charge in [-0.2, -0.15) is 0 Å². The average Bonchev–Trinajstić information content (AvgIpc) is 4.02. The SMILES string of the molecule is c1ccc(C2(c3ccccc3)c3ccccc3-c3ccc(-c4ccc(N(c5ccc(-c6cccc(-c7cccc8c7sc7ccccc78)c6)cc5)c5ccc(-c6ccc7ccccc7c6)cc5)cc4)cc32)cc1. The fourth-order valence-electron chi connectivity index (χ4n) is 11.7. The number of fused-ring (bicyclic) bond motifs is 7. The molecule has 0 aliphatic heterocycles. The minimum Gasteiger partial charge on any atom is -0.311 e. The molecule has 1 nitrogen and oxygen atoms in total. The minimum atomic E-state index is -0.457. The van der Waals surface area contributed by atoms with Crippen molar-refractivity contribution in [3.63, 3.8) is 0 Å². The summed E-state index contributed by atoms with van der Waals surface area (Å²) in [5, 5.41) is 5.13. The van der Waals surface area contributed by atoms with E-state index in [1.165, 1.54) is 109 Å². The third-order valence-corrected chi connectivity index (χ3v) is 16.4. The predicted molar refractivity (Wildman–Crippen MR) is 311 cm³/mol. The molecule has 0 N–H and O–H groups in total. The Labute approximate surface area is 430 Å². The molecule has 0 fully saturated rings. The number of benzene rings is 12. The second-order valence-electron chi connectivity index (χ2n) is 19.2. The number of hydrogen-bond acceptors (Lipinski definition) is 2. The second kappa shape index (κ2) is 17.6. The molecular weight excluding hydrogens is 899 g/mol. The number of thiophene rings is 1. The molecule has 342 valence electrons. The van der Waals surface area contributed by atoms with Gasteiger partial charge in [0.25, 0.3) is 0 Å². The highest BCUT2D eigenvalue weighted by atomic mass is 32.1. The quantitative estimate of drug-likeness (QED) is 0.139. The van der Waals surface area contributed by atoms with Crippen LogP contribution in [0.1, 0.15) is 22.3 Å². The van der Waals surface area contributed by atoms with Crippen LogP contribution < -0.4 is 4.90 Å². The van der Waals surface area contributed by atoms with Gasteiger partial charge in [-0.15, -0.1) is 11.3 Å². The number of hydrogen-bond donors (Lipinski definition) is 0. The van der Waals surface area contributed by atoms with Crippen LogP contribution in [0.4, 0.5) is 17.1 Å². The summed E-state index contributed by atoms with van der Waals surface area (Å²) in [6, 6.07) is 105. The molecule has 0 radical (unpaired) electrons. The van der Waals surface area contributed by atoms with E-state index in [4.69, 9.17) is 0 Å². The first-order valence-corrected chi connectivity index (χ1v) is 26.0. The summed E-state index contributed by atoms with van der Waals surface area (Å²) in [5.74, 6) is 0. The molecule has 1 aliphatic carbocycles. The summed E-state index contributed by atoms with van der Waals surface area (Å²) >= 11 is 1.88. The van der Waals surface area contributed by atoms with Crippen LogP contribution in [0, 0.1) is 0 Å². The van der Waals surface area contributed by atoms with Crippen molar-refractivity contribution in [2.45, 2.75) is 5.41 Å². The molecular formula is C71H47NS. The lowest BCUT2D eigenvalue weighted by Crippen LogP contribution is -2.28. The van der Waals surface area contributed by atoms with Crippen molar-refractivity contribution < 1.29 is 0 Å². The van der Waals surface area contributed by atoms with E-state index in [9.17, 15) is 0 Å². The molecule has 1 aliphatic rings. The molecule has 0 amide bonds. The van der Waals surface area contributed by atoms with Crippen molar-refractivity contribution in [3.8, 4) is 55.6 Å². The first-order valence-electron chi connectivity index (χ1n) is 25.1. The standard InChI is InChI=1S/C71H47NS/c1-3-19-57(20-4-1)71(58-21-5-2-6-22-58)67-27-11-9-23-63(67)64-44-37-55(47-68(64)71)51-35-42-61(43-36-51)72(60-40-33-50(34-41-60)54-30-29-48-15-7-8-16-52(48)45-54)59-38-31-49(32-39-59)53-17-13-18-56(46-53)62-25-14-26-66-65-24-10-12-28-69(65)73-70(62)66/h1-47H. The Hall–Kier alpha value is -9.08. The number of rotatable bonds is 9. The third-order valence-electron chi connectivity index (χ3n) is 15.2. The molecule has 0 saturated heterocycles. The first-order chi connectivity index (χ1) is 36.2. The highest BCUT2D eigenvalue weighted by molar-refractivity contribution is 7.26. The molecule has 1 aromatic heterocycles. The van der Waals surface area contributed by atoms with E-state index in [-0.39, 0.29) is 0 Å². The highest BCUT2D eigenvalue weighted by Crippen LogP contribution is 2.57. The van der Waals surface area contributed by atoms with Crippen LogP contribution in [0.25, 0.3) is 86.6 Å². The van der Waals surface area contributed by atoms with Gasteiger partial charge in [0.1, 0.15) is 0 Å². The van der Waals surface area contributed by atoms with E-state index >= 15 is 0 Å². The van der Waals surface area contributed by atoms with Gasteiger partial charge < -0.3 is 4.90 Å². The lowest BCUT2D eigenvalue weighted by atomic mass is 9.67. The van der Waals surface area contributed by atoms with Crippen molar-refractivity contribution >= 4 is 59.3 Å². The molecule has 13 aromatic rings. The van der Waals surface area contributed by atoms with Crippen molar-refractivity contribution in [1.29, 1.82) is 0 Å². The summed E-state index contributed by atoms with van der Waals surface area (Å²) in [6.45, 7) is 0. The zero-order valence-corrected chi connectivity index (χ0v) is 40.8. The molecule has 12 aromatic carbocycles. The summed E-state index contributed by atoms with van der Waals surface area (Å²) in [5.41, 5.74) is 20.2. The molecule has 14 rings (SSSR count). The predicted octanol–water partition coefficient (Wildman–Crippen LogP) is 19.7. The molecule has 0 bridgehead atoms. The maximum atomic E-state index is 2.45. The van der Waals surface area contributed by atoms with Crippen LogP contribution in [0.15, 0.2) is 285 Å². The zero-order chi connectivity index (χ0) is 48.3. The maximum Gasteiger partial charge on any atom is 0.0713 e. The Morgan fingerprint density at radius 3 is 1.44 bits per heavy atom. The van der Waals surface area contributed by atoms with Gasteiger partial charge in [0.2, 0.25) is 0 Å². The summed E-state index contributed by atoms with van der Waals surface area (Å²) in [6.07, 6.45) is 0. The van der Waals surface area contributed by atoms with E-state index in [1.807, 2.05) is 11.3 Å². The Bertz CT molecular complexity index is 4130. The molecule has 1 heterocycles. The van der Waals surface area contributed by atoms with E-state index in [2.05, 4.69) is 290 Å². The highest BCUT2D eigenvalue weighted by Gasteiger charge is 2.46. The van der Waals surface area contributed by atoms with Crippen LogP contribution in [0.2, 0.25) is 0 Å². The van der Waals surface area contributed by atoms with Crippen LogP contribution in [-0.4, -0.2) is 0 Å². The molecule has 0 spiro atoms. The molecule has 73 heavy (non-hydrogen) atoms. The van der Waals surface area contributed by atoms with Crippen molar-refractivity contribution in [2.75, 3.05) is 4.90 Å². The summed E-state index contributed by atoms with van der Waals surface area (Å²) in [7, 11) is 0.